The lowest BCUT2D eigenvalue weighted by Crippen LogP contribution is -2.63. The van der Waals surface area contributed by atoms with Crippen LogP contribution in [0.2, 0.25) is 0 Å². The molecule has 10 heteroatoms. The third kappa shape index (κ3) is 30.9. The predicted octanol–water partition coefficient (Wildman–Crippen LogP) is 12.7. The van der Waals surface area contributed by atoms with Crippen molar-refractivity contribution in [2.24, 2.45) is 0 Å². The highest BCUT2D eigenvalue weighted by Gasteiger charge is 2.49. The molecule has 376 valence electrons. The zero-order valence-electron chi connectivity index (χ0n) is 42.2. The number of aliphatic hydroxyl groups is 2. The van der Waals surface area contributed by atoms with Gasteiger partial charge in [-0.2, -0.15) is 0 Å². The number of amides is 1. The first-order valence-electron chi connectivity index (χ1n) is 27.2. The monoisotopic (exact) mass is 900 g/mol. The standard InChI is InChI=1S/C53H105NO9/c1-7-13-19-20-21-22-23-24-25-26-27-28-29-30-31-32-33-34-35-36-38-48(56)54-45(49(57)46(55)37-14-8-2)43-62-53-52(61-42-18-12-6)51(60-41-17-11-5)50(59-40-16-10-4)47(63-53)44-58-39-15-9-3/h45-47,49-53,55,57H,7-44H2,1-6H3,(H,54,56)/t45-,46+,47?,49-,50?,51?,52?,53?/m0/s1. The summed E-state index contributed by atoms with van der Waals surface area (Å²) in [6, 6.07) is -0.827. The molecule has 10 nitrogen and oxygen atoms in total. The summed E-state index contributed by atoms with van der Waals surface area (Å²) in [5.41, 5.74) is 0. The van der Waals surface area contributed by atoms with Gasteiger partial charge in [0, 0.05) is 32.8 Å². The van der Waals surface area contributed by atoms with Gasteiger partial charge in [0.2, 0.25) is 5.91 Å². The molecule has 1 rings (SSSR count). The zero-order valence-corrected chi connectivity index (χ0v) is 42.2. The van der Waals surface area contributed by atoms with Crippen LogP contribution in [0.25, 0.3) is 0 Å². The van der Waals surface area contributed by atoms with Gasteiger partial charge >= 0.3 is 0 Å². The Bertz CT molecular complexity index is 975. The van der Waals surface area contributed by atoms with Crippen molar-refractivity contribution in [2.45, 2.75) is 296 Å². The number of aliphatic hydroxyl groups excluding tert-OH is 2. The highest BCUT2D eigenvalue weighted by atomic mass is 16.7. The van der Waals surface area contributed by atoms with Crippen LogP contribution in [-0.4, -0.2) is 105 Å². The number of hydrogen-bond acceptors (Lipinski definition) is 9. The zero-order chi connectivity index (χ0) is 46.0. The van der Waals surface area contributed by atoms with E-state index >= 15 is 0 Å². The Balaban J connectivity index is 2.76. The van der Waals surface area contributed by atoms with E-state index in [2.05, 4.69) is 46.9 Å². The SMILES string of the molecule is CCCCCCCCCCCCCCCCCCCCCCC(=O)N[C@@H](COC1OC(COCCCC)C(OCCCC)C(OCCCC)C1OCCCC)[C@H](O)[C@H](O)CCCC. The van der Waals surface area contributed by atoms with E-state index in [4.69, 9.17) is 28.4 Å². The fourth-order valence-corrected chi connectivity index (χ4v) is 8.35. The van der Waals surface area contributed by atoms with Gasteiger partial charge in [-0.3, -0.25) is 4.79 Å². The molecule has 1 heterocycles. The summed E-state index contributed by atoms with van der Waals surface area (Å²) in [7, 11) is 0. The van der Waals surface area contributed by atoms with E-state index in [0.29, 0.717) is 45.9 Å². The lowest BCUT2D eigenvalue weighted by molar-refractivity contribution is -0.325. The molecule has 63 heavy (non-hydrogen) atoms. The molecule has 1 fully saturated rings. The quantitative estimate of drug-likeness (QED) is 0.0512. The van der Waals surface area contributed by atoms with Crippen molar-refractivity contribution in [1.29, 1.82) is 0 Å². The molecule has 1 amide bonds. The first kappa shape index (κ1) is 60.2. The molecule has 0 aromatic heterocycles. The normalized spacial score (nSPS) is 20.5. The van der Waals surface area contributed by atoms with Crippen molar-refractivity contribution < 1.29 is 43.4 Å². The largest absolute Gasteiger partial charge is 0.390 e. The molecule has 0 bridgehead atoms. The summed E-state index contributed by atoms with van der Waals surface area (Å²) < 4.78 is 39.0. The minimum Gasteiger partial charge on any atom is -0.390 e. The molecule has 1 aliphatic rings. The summed E-state index contributed by atoms with van der Waals surface area (Å²) in [6.45, 7) is 15.4. The van der Waals surface area contributed by atoms with Gasteiger partial charge in [-0.15, -0.1) is 0 Å². The van der Waals surface area contributed by atoms with Crippen LogP contribution >= 0.6 is 0 Å². The van der Waals surface area contributed by atoms with Gasteiger partial charge in [-0.25, -0.2) is 0 Å². The van der Waals surface area contributed by atoms with Crippen molar-refractivity contribution in [3.63, 3.8) is 0 Å². The van der Waals surface area contributed by atoms with Gasteiger partial charge in [-0.1, -0.05) is 202 Å². The number of carbonyl (C=O) groups excluding carboxylic acids is 1. The Morgan fingerprint density at radius 1 is 0.492 bits per heavy atom. The highest BCUT2D eigenvalue weighted by molar-refractivity contribution is 5.76. The van der Waals surface area contributed by atoms with Crippen molar-refractivity contribution in [2.75, 3.05) is 39.6 Å². The van der Waals surface area contributed by atoms with Gasteiger partial charge in [-0.05, 0) is 38.5 Å². The van der Waals surface area contributed by atoms with E-state index in [9.17, 15) is 15.0 Å². The lowest BCUT2D eigenvalue weighted by Gasteiger charge is -2.46. The average molecular weight is 900 g/mol. The van der Waals surface area contributed by atoms with Crippen LogP contribution in [0, 0.1) is 0 Å². The van der Waals surface area contributed by atoms with Gasteiger partial charge in [0.1, 0.15) is 30.5 Å². The van der Waals surface area contributed by atoms with Gasteiger partial charge in [0.25, 0.3) is 0 Å². The van der Waals surface area contributed by atoms with Gasteiger partial charge in [0.15, 0.2) is 6.29 Å². The van der Waals surface area contributed by atoms with E-state index in [0.717, 1.165) is 83.5 Å². The van der Waals surface area contributed by atoms with Crippen LogP contribution in [0.15, 0.2) is 0 Å². The van der Waals surface area contributed by atoms with Crippen molar-refractivity contribution in [1.82, 2.24) is 5.32 Å². The number of unbranched alkanes of at least 4 members (excludes halogenated alkanes) is 24. The second-order valence-corrected chi connectivity index (χ2v) is 18.7. The molecule has 1 aliphatic heterocycles. The Morgan fingerprint density at radius 3 is 1.38 bits per heavy atom. The maximum Gasteiger partial charge on any atom is 0.220 e. The third-order valence-electron chi connectivity index (χ3n) is 12.6. The Kier molecular flexibility index (Phi) is 41.7. The molecule has 1 saturated heterocycles. The van der Waals surface area contributed by atoms with Crippen LogP contribution in [0.5, 0.6) is 0 Å². The Labute approximate surface area is 389 Å². The van der Waals surface area contributed by atoms with Crippen LogP contribution in [0.4, 0.5) is 0 Å². The minimum atomic E-state index is -1.20. The molecule has 0 spiro atoms. The molecular formula is C53H105NO9. The molecule has 0 aliphatic carbocycles. The molecule has 0 aromatic carbocycles. The first-order chi connectivity index (χ1) is 30.9. The molecule has 0 radical (unpaired) electrons. The number of ether oxygens (including phenoxy) is 6. The summed E-state index contributed by atoms with van der Waals surface area (Å²) >= 11 is 0. The molecular weight excluding hydrogens is 795 g/mol. The summed E-state index contributed by atoms with van der Waals surface area (Å²) in [4.78, 5) is 13.4. The van der Waals surface area contributed by atoms with Crippen LogP contribution < -0.4 is 5.32 Å². The van der Waals surface area contributed by atoms with E-state index in [1.165, 1.54) is 109 Å². The topological polar surface area (TPSA) is 125 Å². The fraction of sp³-hybridized carbons (Fsp3) is 0.981. The first-order valence-corrected chi connectivity index (χ1v) is 27.2. The van der Waals surface area contributed by atoms with E-state index in [1.807, 2.05) is 0 Å². The minimum absolute atomic E-state index is 0.0555. The lowest BCUT2D eigenvalue weighted by atomic mass is 9.97. The molecule has 5 unspecified atom stereocenters. The van der Waals surface area contributed by atoms with Crippen LogP contribution in [0.1, 0.15) is 247 Å². The van der Waals surface area contributed by atoms with E-state index < -0.39 is 49.0 Å². The number of nitrogens with one attached hydrogen (secondary N) is 1. The van der Waals surface area contributed by atoms with E-state index in [1.54, 1.807) is 0 Å². The molecule has 0 aromatic rings. The van der Waals surface area contributed by atoms with Crippen LogP contribution in [0.3, 0.4) is 0 Å². The maximum absolute atomic E-state index is 13.4. The van der Waals surface area contributed by atoms with Gasteiger partial charge in [0.05, 0.1) is 25.4 Å². The summed E-state index contributed by atoms with van der Waals surface area (Å²) in [6.07, 6.45) is 31.4. The summed E-state index contributed by atoms with van der Waals surface area (Å²) in [5.74, 6) is -0.138. The third-order valence-corrected chi connectivity index (χ3v) is 12.6. The second-order valence-electron chi connectivity index (χ2n) is 18.7. The second kappa shape index (κ2) is 43.7. The van der Waals surface area contributed by atoms with Gasteiger partial charge < -0.3 is 44.0 Å². The average Bonchev–Trinajstić information content (AvgIpc) is 3.28. The smallest absolute Gasteiger partial charge is 0.220 e. The van der Waals surface area contributed by atoms with Crippen molar-refractivity contribution in [3.05, 3.63) is 0 Å². The van der Waals surface area contributed by atoms with Crippen molar-refractivity contribution >= 4 is 5.91 Å². The Hall–Kier alpha value is -0.850. The fourth-order valence-electron chi connectivity index (χ4n) is 8.35. The number of hydrogen-bond donors (Lipinski definition) is 3. The number of rotatable bonds is 47. The molecule has 3 N–H and O–H groups in total. The summed E-state index contributed by atoms with van der Waals surface area (Å²) in [5, 5.41) is 25.5. The van der Waals surface area contributed by atoms with Crippen molar-refractivity contribution in [3.8, 4) is 0 Å². The van der Waals surface area contributed by atoms with Crippen LogP contribution in [-0.2, 0) is 33.2 Å². The molecule has 0 saturated carbocycles. The Morgan fingerprint density at radius 2 is 0.905 bits per heavy atom. The highest BCUT2D eigenvalue weighted by Crippen LogP contribution is 2.31. The van der Waals surface area contributed by atoms with E-state index in [-0.39, 0.29) is 12.5 Å². The molecule has 8 atom stereocenters. The number of carbonyl (C=O) groups is 1. The maximum atomic E-state index is 13.4. The predicted molar refractivity (Wildman–Crippen MR) is 260 cm³/mol.